The number of Topliss-reactive ketones (excluding diaryl/α,β-unsaturated/α-hetero) is 1. The molecule has 1 aromatic rings. The van der Waals surface area contributed by atoms with E-state index in [0.29, 0.717) is 24.2 Å². The smallest absolute Gasteiger partial charge is 0.283 e. The summed E-state index contributed by atoms with van der Waals surface area (Å²) in [7, 11) is 0. The monoisotopic (exact) mass is 446 g/mol. The van der Waals surface area contributed by atoms with Crippen molar-refractivity contribution in [1.82, 2.24) is 5.32 Å². The number of nitro benzene ring substituents is 1. The highest BCUT2D eigenvalue weighted by atomic mass is 35.5. The number of nitrogens with one attached hydrogen (secondary N) is 1. The van der Waals surface area contributed by atoms with Crippen LogP contribution < -0.4 is 10.1 Å². The maximum absolute atomic E-state index is 13.0. The Labute approximate surface area is 186 Å². The van der Waals surface area contributed by atoms with Gasteiger partial charge in [-0.05, 0) is 25.2 Å². The normalized spacial score (nSPS) is 37.6. The molecule has 2 heterocycles. The molecule has 166 valence electrons. The van der Waals surface area contributed by atoms with Gasteiger partial charge in [-0.3, -0.25) is 19.7 Å². The molecule has 1 N–H and O–H groups in total. The van der Waals surface area contributed by atoms with Crippen LogP contribution >= 0.6 is 11.6 Å². The predicted molar refractivity (Wildman–Crippen MR) is 114 cm³/mol. The third kappa shape index (κ3) is 2.41. The molecule has 1 aromatic carbocycles. The van der Waals surface area contributed by atoms with Gasteiger partial charge in [0.05, 0.1) is 10.3 Å². The predicted octanol–water partition coefficient (Wildman–Crippen LogP) is 4.17. The zero-order valence-corrected chi connectivity index (χ0v) is 19.0. The fourth-order valence-electron chi connectivity index (χ4n) is 7.01. The van der Waals surface area contributed by atoms with Crippen LogP contribution in [-0.2, 0) is 17.8 Å². The Morgan fingerprint density at radius 2 is 1.97 bits per heavy atom. The maximum Gasteiger partial charge on any atom is 0.283 e. The lowest BCUT2D eigenvalue weighted by Crippen LogP contribution is -2.71. The average Bonchev–Trinajstić information content (AvgIpc) is 3.07. The lowest BCUT2D eigenvalue weighted by atomic mass is 9.44. The molecule has 5 atom stereocenters. The first-order chi connectivity index (χ1) is 14.4. The van der Waals surface area contributed by atoms with Crippen molar-refractivity contribution in [1.29, 1.82) is 0 Å². The number of amides is 1. The highest BCUT2D eigenvalue weighted by Crippen LogP contribution is 2.66. The molecule has 31 heavy (non-hydrogen) atoms. The van der Waals surface area contributed by atoms with Crippen LogP contribution in [0.4, 0.5) is 5.69 Å². The highest BCUT2D eigenvalue weighted by molar-refractivity contribution is 6.32. The molecule has 2 aliphatic heterocycles. The van der Waals surface area contributed by atoms with Crippen LogP contribution in [0.1, 0.15) is 68.4 Å². The minimum atomic E-state index is -0.670. The highest BCUT2D eigenvalue weighted by Gasteiger charge is 2.69. The summed E-state index contributed by atoms with van der Waals surface area (Å²) in [5.74, 6) is 0.456. The number of rotatable bonds is 1. The number of alkyl halides is 1. The quantitative estimate of drug-likeness (QED) is 0.396. The fourth-order valence-corrected chi connectivity index (χ4v) is 7.52. The second-order valence-electron chi connectivity index (χ2n) is 10.6. The van der Waals surface area contributed by atoms with E-state index >= 15 is 0 Å². The van der Waals surface area contributed by atoms with Gasteiger partial charge in [-0.1, -0.05) is 27.7 Å². The number of benzene rings is 1. The number of carbonyl (C=O) groups is 2. The van der Waals surface area contributed by atoms with E-state index in [9.17, 15) is 19.7 Å². The molecule has 0 radical (unpaired) electrons. The zero-order chi connectivity index (χ0) is 22.5. The van der Waals surface area contributed by atoms with E-state index in [1.807, 2.05) is 13.8 Å². The number of fused-ring (bicyclic) bond motifs is 3. The minimum Gasteiger partial charge on any atom is -0.486 e. The molecule has 0 saturated heterocycles. The molecule has 5 rings (SSSR count). The van der Waals surface area contributed by atoms with Gasteiger partial charge in [0.15, 0.2) is 5.78 Å². The first-order valence-electron chi connectivity index (χ1n) is 10.9. The van der Waals surface area contributed by atoms with E-state index in [0.717, 1.165) is 18.4 Å². The van der Waals surface area contributed by atoms with Crippen molar-refractivity contribution in [3.8, 4) is 5.75 Å². The van der Waals surface area contributed by atoms with Crippen LogP contribution in [0, 0.1) is 32.8 Å². The number of hydrogen-bond donors (Lipinski definition) is 1. The first-order valence-corrected chi connectivity index (χ1v) is 11.4. The molecule has 1 spiro atoms. The lowest BCUT2D eigenvalue weighted by molar-refractivity contribution is -0.385. The Kier molecular flexibility index (Phi) is 4.16. The molecular weight excluding hydrogens is 420 g/mol. The summed E-state index contributed by atoms with van der Waals surface area (Å²) in [6.07, 6.45) is 2.82. The van der Waals surface area contributed by atoms with Gasteiger partial charge >= 0.3 is 0 Å². The van der Waals surface area contributed by atoms with E-state index in [4.69, 9.17) is 16.3 Å². The van der Waals surface area contributed by atoms with E-state index in [2.05, 4.69) is 19.2 Å². The van der Waals surface area contributed by atoms with Crippen molar-refractivity contribution in [3.05, 3.63) is 32.9 Å². The van der Waals surface area contributed by atoms with E-state index in [1.54, 1.807) is 0 Å². The van der Waals surface area contributed by atoms with Gasteiger partial charge in [0, 0.05) is 46.9 Å². The molecular formula is C23H27ClN2O5. The van der Waals surface area contributed by atoms with Gasteiger partial charge in [-0.25, -0.2) is 0 Å². The number of nitrogens with zero attached hydrogens (tertiary/aromatic N) is 1. The van der Waals surface area contributed by atoms with Crippen molar-refractivity contribution in [2.45, 2.75) is 70.9 Å². The average molecular weight is 447 g/mol. The lowest BCUT2D eigenvalue weighted by Gasteiger charge is -2.66. The van der Waals surface area contributed by atoms with Crippen LogP contribution in [0.15, 0.2) is 6.07 Å². The van der Waals surface area contributed by atoms with Gasteiger partial charge in [0.2, 0.25) is 0 Å². The number of ether oxygens (including phenoxy) is 1. The van der Waals surface area contributed by atoms with Crippen LogP contribution in [0.25, 0.3) is 0 Å². The maximum atomic E-state index is 13.0. The molecule has 1 unspecified atom stereocenters. The van der Waals surface area contributed by atoms with Crippen LogP contribution in [0.3, 0.4) is 0 Å². The third-order valence-corrected chi connectivity index (χ3v) is 9.26. The molecule has 1 amide bonds. The number of nitro groups is 1. The molecule has 4 aliphatic rings. The Morgan fingerprint density at radius 3 is 2.65 bits per heavy atom. The van der Waals surface area contributed by atoms with E-state index < -0.39 is 27.2 Å². The zero-order valence-electron chi connectivity index (χ0n) is 18.2. The Balaban J connectivity index is 1.76. The van der Waals surface area contributed by atoms with Crippen LogP contribution in [0.2, 0.25) is 0 Å². The topological polar surface area (TPSA) is 98.5 Å². The second-order valence-corrected chi connectivity index (χ2v) is 11.1. The number of carbonyl (C=O) groups excluding carboxylic acids is 2. The second kappa shape index (κ2) is 6.21. The van der Waals surface area contributed by atoms with Gasteiger partial charge in [0.25, 0.3) is 11.6 Å². The summed E-state index contributed by atoms with van der Waals surface area (Å²) in [4.78, 5) is 36.7. The van der Waals surface area contributed by atoms with Crippen molar-refractivity contribution in [2.24, 2.45) is 22.7 Å². The standard InChI is InChI=1S/C23H27ClN2O5/c1-11-5-6-16-21(2,3)19(27)14(24)9-23(16)22(11,4)8-12-7-15(26(29)30)17-13(18(12)31-23)10-25-20(17)28/h7,11,14,16H,5-6,8-10H2,1-4H3,(H,25,28)/t11-,14?,16-,22+,23-/m0/s1. The minimum absolute atomic E-state index is 0.0206. The Bertz CT molecular complexity index is 1050. The van der Waals surface area contributed by atoms with Gasteiger partial charge in [0.1, 0.15) is 16.9 Å². The molecule has 2 aliphatic carbocycles. The summed E-state index contributed by atoms with van der Waals surface area (Å²) in [6, 6.07) is 1.52. The van der Waals surface area contributed by atoms with Crippen molar-refractivity contribution >= 4 is 29.0 Å². The summed E-state index contributed by atoms with van der Waals surface area (Å²) in [6.45, 7) is 8.53. The van der Waals surface area contributed by atoms with Crippen molar-refractivity contribution in [2.75, 3.05) is 0 Å². The molecule has 7 nitrogen and oxygen atoms in total. The van der Waals surface area contributed by atoms with Crippen LogP contribution in [-0.4, -0.2) is 27.6 Å². The third-order valence-electron chi connectivity index (χ3n) is 8.90. The summed E-state index contributed by atoms with van der Waals surface area (Å²) < 4.78 is 6.93. The van der Waals surface area contributed by atoms with Crippen molar-refractivity contribution in [3.63, 3.8) is 0 Å². The number of ketones is 1. The summed E-state index contributed by atoms with van der Waals surface area (Å²) in [5, 5.41) is 13.8. The van der Waals surface area contributed by atoms with E-state index in [-0.39, 0.29) is 40.8 Å². The molecule has 0 bridgehead atoms. The molecule has 2 fully saturated rings. The number of hydrogen-bond acceptors (Lipinski definition) is 5. The molecule has 8 heteroatoms. The van der Waals surface area contributed by atoms with Crippen LogP contribution in [0.5, 0.6) is 5.75 Å². The summed E-state index contributed by atoms with van der Waals surface area (Å²) in [5.41, 5.74) is -0.393. The Morgan fingerprint density at radius 1 is 1.26 bits per heavy atom. The van der Waals surface area contributed by atoms with Gasteiger partial charge in [-0.2, -0.15) is 0 Å². The number of halogens is 1. The molecule has 2 saturated carbocycles. The van der Waals surface area contributed by atoms with Crippen molar-refractivity contribution < 1.29 is 19.2 Å². The SMILES string of the molecule is C[C@H]1CC[C@H]2C(C)(C)C(=O)C(Cl)C[C@]23Oc2c(cc([N+](=O)[O-])c4c2CNC4=O)C[C@]13C. The Hall–Kier alpha value is -2.15. The largest absolute Gasteiger partial charge is 0.486 e. The first kappa shape index (κ1) is 20.7. The summed E-state index contributed by atoms with van der Waals surface area (Å²) >= 11 is 6.64. The van der Waals surface area contributed by atoms with Gasteiger partial charge in [-0.15, -0.1) is 11.6 Å². The molecule has 0 aromatic heterocycles. The van der Waals surface area contributed by atoms with Gasteiger partial charge < -0.3 is 10.1 Å². The fraction of sp³-hybridized carbons (Fsp3) is 0.652. The van der Waals surface area contributed by atoms with E-state index in [1.165, 1.54) is 6.07 Å².